The Balaban J connectivity index is 1.69. The van der Waals surface area contributed by atoms with Gasteiger partial charge in [0.15, 0.2) is 5.65 Å². The van der Waals surface area contributed by atoms with Crippen LogP contribution in [0.3, 0.4) is 0 Å². The second kappa shape index (κ2) is 7.56. The summed E-state index contributed by atoms with van der Waals surface area (Å²) in [6.45, 7) is 0.953. The van der Waals surface area contributed by atoms with E-state index in [1.807, 2.05) is 25.1 Å². The van der Waals surface area contributed by atoms with Gasteiger partial charge < -0.3 is 15.2 Å². The molecule has 11 heteroatoms. The summed E-state index contributed by atoms with van der Waals surface area (Å²) in [4.78, 5) is 23.0. The van der Waals surface area contributed by atoms with Gasteiger partial charge in [0.25, 0.3) is 0 Å². The number of nitrogens with one attached hydrogen (secondary N) is 2. The maximum Gasteiger partial charge on any atom is 0.226 e. The molecule has 1 saturated heterocycles. The van der Waals surface area contributed by atoms with Crippen molar-refractivity contribution in [3.05, 3.63) is 24.7 Å². The fraction of sp³-hybridized carbons (Fsp3) is 0.444. The molecule has 10 nitrogen and oxygen atoms in total. The van der Waals surface area contributed by atoms with Gasteiger partial charge in [-0.3, -0.25) is 0 Å². The summed E-state index contributed by atoms with van der Waals surface area (Å²) >= 11 is 0. The minimum Gasteiger partial charge on any atom is -0.365 e. The van der Waals surface area contributed by atoms with E-state index in [0.29, 0.717) is 36.2 Å². The van der Waals surface area contributed by atoms with Crippen molar-refractivity contribution < 1.29 is 8.42 Å². The van der Waals surface area contributed by atoms with Gasteiger partial charge in [-0.05, 0) is 18.9 Å². The maximum absolute atomic E-state index is 12.0. The van der Waals surface area contributed by atoms with Crippen molar-refractivity contribution in [3.63, 3.8) is 0 Å². The molecule has 1 fully saturated rings. The number of fused-ring (bicyclic) bond motifs is 1. The summed E-state index contributed by atoms with van der Waals surface area (Å²) in [6.07, 6.45) is 8.10. The van der Waals surface area contributed by atoms with E-state index < -0.39 is 10.0 Å². The number of aromatic nitrogens is 5. The van der Waals surface area contributed by atoms with Crippen molar-refractivity contribution in [2.75, 3.05) is 43.7 Å². The van der Waals surface area contributed by atoms with Crippen LogP contribution in [0, 0.1) is 0 Å². The Kier molecular flexibility index (Phi) is 5.09. The van der Waals surface area contributed by atoms with Gasteiger partial charge in [-0.2, -0.15) is 4.98 Å². The van der Waals surface area contributed by atoms with Crippen molar-refractivity contribution in [2.24, 2.45) is 0 Å². The number of hydrogen-bond acceptors (Lipinski definition) is 8. The van der Waals surface area contributed by atoms with Crippen LogP contribution in [0.25, 0.3) is 22.4 Å². The van der Waals surface area contributed by atoms with Crippen molar-refractivity contribution in [1.82, 2.24) is 29.2 Å². The van der Waals surface area contributed by atoms with Gasteiger partial charge >= 0.3 is 0 Å². The quantitative estimate of drug-likeness (QED) is 0.639. The molecule has 4 heterocycles. The van der Waals surface area contributed by atoms with E-state index in [0.717, 1.165) is 23.9 Å². The monoisotopic (exact) mass is 416 g/mol. The first-order chi connectivity index (χ1) is 13.8. The molecule has 0 spiro atoms. The molecule has 2 N–H and O–H groups in total. The molecule has 3 aromatic heterocycles. The summed E-state index contributed by atoms with van der Waals surface area (Å²) in [5.41, 5.74) is 2.85. The van der Waals surface area contributed by atoms with Gasteiger partial charge in [-0.15, -0.1) is 0 Å². The number of sulfonamides is 1. The molecular weight excluding hydrogens is 392 g/mol. The minimum atomic E-state index is -3.23. The minimum absolute atomic E-state index is 0.0499. The fourth-order valence-corrected chi connectivity index (χ4v) is 4.31. The van der Waals surface area contributed by atoms with Crippen LogP contribution in [0.1, 0.15) is 12.8 Å². The fourth-order valence-electron chi connectivity index (χ4n) is 3.40. The smallest absolute Gasteiger partial charge is 0.226 e. The van der Waals surface area contributed by atoms with Crippen molar-refractivity contribution in [3.8, 4) is 11.3 Å². The maximum atomic E-state index is 12.0. The average Bonchev–Trinajstić information content (AvgIpc) is 3.15. The predicted molar refractivity (Wildman–Crippen MR) is 112 cm³/mol. The third kappa shape index (κ3) is 4.15. The largest absolute Gasteiger partial charge is 0.365 e. The van der Waals surface area contributed by atoms with Crippen LogP contribution in [-0.2, 0) is 10.0 Å². The number of aromatic amines is 1. The van der Waals surface area contributed by atoms with E-state index in [1.165, 1.54) is 10.6 Å². The lowest BCUT2D eigenvalue weighted by Gasteiger charge is -2.32. The number of piperidine rings is 1. The molecule has 0 aliphatic carbocycles. The second-order valence-electron chi connectivity index (χ2n) is 7.40. The summed E-state index contributed by atoms with van der Waals surface area (Å²) in [5.74, 6) is 1.18. The summed E-state index contributed by atoms with van der Waals surface area (Å²) in [6, 6.07) is 1.81. The number of rotatable bonds is 5. The molecule has 29 heavy (non-hydrogen) atoms. The molecule has 154 valence electrons. The summed E-state index contributed by atoms with van der Waals surface area (Å²) < 4.78 is 25.4. The Morgan fingerprint density at radius 2 is 2.07 bits per heavy atom. The van der Waals surface area contributed by atoms with Gasteiger partial charge in [-0.1, -0.05) is 0 Å². The Bertz CT molecular complexity index is 1130. The Hall–Kier alpha value is -2.79. The van der Waals surface area contributed by atoms with Gasteiger partial charge in [0.05, 0.1) is 23.7 Å². The Morgan fingerprint density at radius 3 is 2.83 bits per heavy atom. The number of H-pyrrole nitrogens is 1. The molecule has 0 aromatic carbocycles. The number of anilines is 2. The van der Waals surface area contributed by atoms with Crippen molar-refractivity contribution >= 4 is 33.0 Å². The second-order valence-corrected chi connectivity index (χ2v) is 9.38. The lowest BCUT2D eigenvalue weighted by molar-refractivity contribution is 0.329. The predicted octanol–water partition coefficient (Wildman–Crippen LogP) is 1.32. The van der Waals surface area contributed by atoms with Crippen LogP contribution in [-0.4, -0.2) is 77.1 Å². The summed E-state index contributed by atoms with van der Waals surface area (Å²) in [5, 5.41) is 3.43. The van der Waals surface area contributed by atoms with E-state index in [1.54, 1.807) is 18.6 Å². The highest BCUT2D eigenvalue weighted by molar-refractivity contribution is 7.88. The number of nitrogens with zero attached hydrogens (tertiary/aromatic N) is 6. The van der Waals surface area contributed by atoms with Crippen molar-refractivity contribution in [1.29, 1.82) is 0 Å². The molecule has 1 atom stereocenters. The molecule has 0 radical (unpaired) electrons. The van der Waals surface area contributed by atoms with E-state index in [4.69, 9.17) is 0 Å². The van der Waals surface area contributed by atoms with E-state index >= 15 is 0 Å². The van der Waals surface area contributed by atoms with Gasteiger partial charge in [0.2, 0.25) is 16.0 Å². The summed E-state index contributed by atoms with van der Waals surface area (Å²) in [7, 11) is 0.517. The lowest BCUT2D eigenvalue weighted by atomic mass is 10.1. The zero-order chi connectivity index (χ0) is 20.6. The first-order valence-corrected chi connectivity index (χ1v) is 11.2. The lowest BCUT2D eigenvalue weighted by Crippen LogP contribution is -2.44. The molecule has 3 aromatic rings. The van der Waals surface area contributed by atoms with Crippen molar-refractivity contribution in [2.45, 2.75) is 18.9 Å². The SMILES string of the molecule is CN(C)c1ncc(-c2cnc3[nH]ccc3n2)c(NC2CCCN(S(C)(=O)=O)C2)n1. The van der Waals surface area contributed by atoms with E-state index in [-0.39, 0.29) is 6.04 Å². The highest BCUT2D eigenvalue weighted by atomic mass is 32.2. The molecule has 4 rings (SSSR count). The topological polar surface area (TPSA) is 120 Å². The highest BCUT2D eigenvalue weighted by Gasteiger charge is 2.27. The normalized spacial score (nSPS) is 18.1. The zero-order valence-electron chi connectivity index (χ0n) is 16.6. The molecule has 1 aliphatic heterocycles. The molecular formula is C18H24N8O2S. The van der Waals surface area contributed by atoms with Gasteiger partial charge in [-0.25, -0.2) is 27.7 Å². The van der Waals surface area contributed by atoms with E-state index in [2.05, 4.69) is 30.2 Å². The van der Waals surface area contributed by atoms with Crippen LogP contribution in [0.4, 0.5) is 11.8 Å². The Labute approximate surface area is 169 Å². The molecule has 0 saturated carbocycles. The van der Waals surface area contributed by atoms with Gasteiger partial charge in [0, 0.05) is 45.6 Å². The molecule has 1 unspecified atom stereocenters. The molecule has 0 amide bonds. The average molecular weight is 417 g/mol. The Morgan fingerprint density at radius 1 is 1.24 bits per heavy atom. The van der Waals surface area contributed by atoms with Crippen LogP contribution >= 0.6 is 0 Å². The first kappa shape index (κ1) is 19.5. The first-order valence-electron chi connectivity index (χ1n) is 9.38. The third-order valence-corrected chi connectivity index (χ3v) is 6.18. The molecule has 1 aliphatic rings. The standard InChI is InChI=1S/C18H24N8O2S/c1-25(2)18-21-9-13(15-10-20-17-14(23-15)6-7-19-17)16(24-18)22-12-5-4-8-26(11-12)29(3,27)28/h6-7,9-10,12H,4-5,8,11H2,1-3H3,(H,19,20)(H,21,22,24). The highest BCUT2D eigenvalue weighted by Crippen LogP contribution is 2.28. The van der Waals surface area contributed by atoms with Gasteiger partial charge in [0.1, 0.15) is 11.3 Å². The van der Waals surface area contributed by atoms with Crippen LogP contribution in [0.5, 0.6) is 0 Å². The van der Waals surface area contributed by atoms with Crippen LogP contribution in [0.2, 0.25) is 0 Å². The number of hydrogen-bond donors (Lipinski definition) is 2. The van der Waals surface area contributed by atoms with Crippen LogP contribution in [0.15, 0.2) is 24.7 Å². The third-order valence-electron chi connectivity index (χ3n) is 4.91. The molecule has 0 bridgehead atoms. The zero-order valence-corrected chi connectivity index (χ0v) is 17.4. The van der Waals surface area contributed by atoms with Crippen LogP contribution < -0.4 is 10.2 Å². The van der Waals surface area contributed by atoms with E-state index in [9.17, 15) is 8.42 Å².